The zero-order valence-corrected chi connectivity index (χ0v) is 23.7. The van der Waals surface area contributed by atoms with Crippen molar-refractivity contribution in [2.45, 2.75) is 105 Å². The molecule has 15 nitrogen and oxygen atoms in total. The highest BCUT2D eigenvalue weighted by atomic mass is 16.7. The van der Waals surface area contributed by atoms with E-state index in [1.165, 1.54) is 6.92 Å². The number of aliphatic hydroxyl groups excluding tert-OH is 3. The fourth-order valence-electron chi connectivity index (χ4n) is 6.21. The maximum absolute atomic E-state index is 12.9. The van der Waals surface area contributed by atoms with Crippen LogP contribution in [0, 0.1) is 5.92 Å². The van der Waals surface area contributed by atoms with Crippen LogP contribution >= 0.6 is 0 Å². The molecule has 0 bridgehead atoms. The molecule has 0 spiro atoms. The average Bonchev–Trinajstić information content (AvgIpc) is 3.54. The minimum Gasteiger partial charge on any atom is -0.492 e. The number of nitrogens with one attached hydrogen (secondary N) is 3. The molecule has 15 heteroatoms. The lowest BCUT2D eigenvalue weighted by molar-refractivity contribution is -0.297. The molecule has 13 atom stereocenters. The Hall–Kier alpha value is -1.47. The summed E-state index contributed by atoms with van der Waals surface area (Å²) in [4.78, 5) is 12.9. The van der Waals surface area contributed by atoms with Crippen LogP contribution in [0.5, 0.6) is 0 Å². The Labute approximate surface area is 239 Å². The molecule has 14 N–H and O–H groups in total. The van der Waals surface area contributed by atoms with E-state index in [2.05, 4.69) is 16.0 Å². The summed E-state index contributed by atoms with van der Waals surface area (Å²) in [6.07, 6.45) is -2.55. The van der Waals surface area contributed by atoms with Gasteiger partial charge in [-0.25, -0.2) is 0 Å². The van der Waals surface area contributed by atoms with Crippen molar-refractivity contribution in [2.24, 2.45) is 23.1 Å². The highest BCUT2D eigenvalue weighted by Gasteiger charge is 2.59. The number of rotatable bonds is 11. The summed E-state index contributed by atoms with van der Waals surface area (Å²) >= 11 is 0. The summed E-state index contributed by atoms with van der Waals surface area (Å²) in [5.41, 5.74) is 15.7. The highest BCUT2D eigenvalue weighted by molar-refractivity contribution is 5.89. The Bertz CT molecular complexity index is 943. The molecule has 2 heterocycles. The number of amides is 1. The minimum absolute atomic E-state index is 0.0674. The van der Waals surface area contributed by atoms with Crippen molar-refractivity contribution in [2.75, 3.05) is 33.4 Å². The largest absolute Gasteiger partial charge is 0.492 e. The number of carbonyl (C=O) groups is 1. The van der Waals surface area contributed by atoms with Crippen molar-refractivity contribution in [1.29, 1.82) is 0 Å². The Morgan fingerprint density at radius 3 is 2.54 bits per heavy atom. The van der Waals surface area contributed by atoms with Crippen molar-refractivity contribution in [1.82, 2.24) is 16.0 Å². The third kappa shape index (κ3) is 6.87. The van der Waals surface area contributed by atoms with Gasteiger partial charge >= 0.3 is 0 Å². The van der Waals surface area contributed by atoms with Crippen molar-refractivity contribution < 1.29 is 44.5 Å². The number of ether oxygens (including phenoxy) is 3. The van der Waals surface area contributed by atoms with Crippen LogP contribution in [0.25, 0.3) is 0 Å². The molecule has 2 aliphatic heterocycles. The second-order valence-corrected chi connectivity index (χ2v) is 12.1. The number of carbonyl (C=O) groups excluding carboxylic acids is 1. The number of hydrogen-bond donors (Lipinski definition) is 11. The fourth-order valence-corrected chi connectivity index (χ4v) is 6.21. The quantitative estimate of drug-likeness (QED) is 0.101. The molecule has 2 aliphatic carbocycles. The van der Waals surface area contributed by atoms with E-state index in [4.69, 9.17) is 36.5 Å². The topological polar surface area (TPSA) is 260 Å². The van der Waals surface area contributed by atoms with E-state index in [0.717, 1.165) is 0 Å². The molecule has 0 radical (unpaired) electrons. The second kappa shape index (κ2) is 13.0. The molecule has 41 heavy (non-hydrogen) atoms. The smallest absolute Gasteiger partial charge is 0.253 e. The first kappa shape index (κ1) is 32.4. The monoisotopic (exact) mass is 588 g/mol. The third-order valence-corrected chi connectivity index (χ3v) is 8.79. The SMILES string of the molecule is CNC1C(O)C(OC2C(NC(=O)C3(O)CC3N)CC(N)C(C3OC(CNCCCO)=CCC3N)C2O)OCC1(C)O. The van der Waals surface area contributed by atoms with Gasteiger partial charge in [0.1, 0.15) is 29.7 Å². The van der Waals surface area contributed by atoms with Gasteiger partial charge in [0.25, 0.3) is 5.91 Å². The molecule has 13 unspecified atom stereocenters. The summed E-state index contributed by atoms with van der Waals surface area (Å²) in [6.45, 7) is 2.43. The molecule has 236 valence electrons. The molecule has 0 aromatic rings. The Morgan fingerprint density at radius 2 is 1.90 bits per heavy atom. The molecular formula is C26H48N6O9. The van der Waals surface area contributed by atoms with Gasteiger partial charge in [0, 0.05) is 37.1 Å². The summed E-state index contributed by atoms with van der Waals surface area (Å²) in [7, 11) is 1.59. The van der Waals surface area contributed by atoms with Gasteiger partial charge < -0.3 is 72.9 Å². The Balaban J connectivity index is 1.54. The number of aliphatic hydroxyl groups is 5. The fraction of sp³-hybridized carbons (Fsp3) is 0.885. The number of nitrogens with two attached hydrogens (primary N) is 3. The molecule has 4 rings (SSSR count). The minimum atomic E-state index is -1.72. The highest BCUT2D eigenvalue weighted by Crippen LogP contribution is 2.38. The summed E-state index contributed by atoms with van der Waals surface area (Å²) in [5.74, 6) is -0.788. The van der Waals surface area contributed by atoms with Crippen LogP contribution in [0.3, 0.4) is 0 Å². The van der Waals surface area contributed by atoms with Crippen LogP contribution in [0.4, 0.5) is 0 Å². The van der Waals surface area contributed by atoms with E-state index in [-0.39, 0.29) is 26.1 Å². The number of hydrogen-bond acceptors (Lipinski definition) is 14. The van der Waals surface area contributed by atoms with E-state index in [1.54, 1.807) is 7.05 Å². The molecule has 2 saturated carbocycles. The molecule has 4 aliphatic rings. The molecule has 1 amide bonds. The molecular weight excluding hydrogens is 540 g/mol. The van der Waals surface area contributed by atoms with Crippen LogP contribution in [0.1, 0.15) is 32.6 Å². The number of likely N-dealkylation sites (N-methyl/N-ethyl adjacent to an activating group) is 1. The van der Waals surface area contributed by atoms with Crippen LogP contribution in [0.15, 0.2) is 11.8 Å². The third-order valence-electron chi connectivity index (χ3n) is 8.79. The Morgan fingerprint density at radius 1 is 1.20 bits per heavy atom. The standard InChI is InChI=1S/C26H48N6O9/c1-25(37)11-39-23(19(35)22(25)30-2)41-21-15(32-24(36)26(38)9-16(26)29)8-14(28)17(18(21)34)20-13(27)5-4-12(40-20)10-31-6-3-7-33/h4,13-23,30-31,33-35,37-38H,3,5-11,27-29H2,1-2H3,(H,32,36). The zero-order chi connectivity index (χ0) is 30.1. The lowest BCUT2D eigenvalue weighted by Crippen LogP contribution is -2.69. The maximum Gasteiger partial charge on any atom is 0.253 e. The van der Waals surface area contributed by atoms with Crippen molar-refractivity contribution >= 4 is 5.91 Å². The predicted octanol–water partition coefficient (Wildman–Crippen LogP) is -4.95. The van der Waals surface area contributed by atoms with E-state index in [1.807, 2.05) is 6.08 Å². The van der Waals surface area contributed by atoms with E-state index in [0.29, 0.717) is 31.7 Å². The molecule has 0 aromatic carbocycles. The van der Waals surface area contributed by atoms with Gasteiger partial charge in [0.15, 0.2) is 11.9 Å². The lowest BCUT2D eigenvalue weighted by atomic mass is 9.72. The van der Waals surface area contributed by atoms with Gasteiger partial charge in [0.2, 0.25) is 0 Å². The van der Waals surface area contributed by atoms with Gasteiger partial charge in [-0.1, -0.05) is 0 Å². The van der Waals surface area contributed by atoms with Crippen molar-refractivity contribution in [3.63, 3.8) is 0 Å². The van der Waals surface area contributed by atoms with Crippen molar-refractivity contribution in [3.05, 3.63) is 11.8 Å². The zero-order valence-electron chi connectivity index (χ0n) is 23.7. The summed E-state index contributed by atoms with van der Waals surface area (Å²) in [5, 5.41) is 61.7. The van der Waals surface area contributed by atoms with E-state index in [9.17, 15) is 25.2 Å². The van der Waals surface area contributed by atoms with Crippen LogP contribution in [0.2, 0.25) is 0 Å². The first-order valence-electron chi connectivity index (χ1n) is 14.3. The van der Waals surface area contributed by atoms with Crippen LogP contribution < -0.4 is 33.2 Å². The van der Waals surface area contributed by atoms with Crippen LogP contribution in [-0.2, 0) is 19.0 Å². The van der Waals surface area contributed by atoms with Gasteiger partial charge in [0.05, 0.1) is 31.3 Å². The molecule has 3 fully saturated rings. The first-order valence-corrected chi connectivity index (χ1v) is 14.3. The second-order valence-electron chi connectivity index (χ2n) is 12.1. The first-order chi connectivity index (χ1) is 19.3. The van der Waals surface area contributed by atoms with Gasteiger partial charge in [-0.2, -0.15) is 0 Å². The van der Waals surface area contributed by atoms with E-state index >= 15 is 0 Å². The van der Waals surface area contributed by atoms with Gasteiger partial charge in [-0.05, 0) is 45.9 Å². The van der Waals surface area contributed by atoms with E-state index < -0.39 is 83.9 Å². The predicted molar refractivity (Wildman–Crippen MR) is 146 cm³/mol. The summed E-state index contributed by atoms with van der Waals surface area (Å²) in [6, 6.07) is -3.55. The normalized spacial score (nSPS) is 46.4. The molecule has 0 aromatic heterocycles. The molecule has 1 saturated heterocycles. The van der Waals surface area contributed by atoms with Gasteiger partial charge in [-0.15, -0.1) is 0 Å². The van der Waals surface area contributed by atoms with Crippen LogP contribution in [-0.4, -0.2) is 137 Å². The maximum atomic E-state index is 12.9. The van der Waals surface area contributed by atoms with Gasteiger partial charge in [-0.3, -0.25) is 4.79 Å². The lowest BCUT2D eigenvalue weighted by Gasteiger charge is -2.50. The van der Waals surface area contributed by atoms with Crippen molar-refractivity contribution in [3.8, 4) is 0 Å². The Kier molecular flexibility index (Phi) is 10.3. The average molecular weight is 589 g/mol. The summed E-state index contributed by atoms with van der Waals surface area (Å²) < 4.78 is 18.1.